The molecule has 5 heteroatoms. The van der Waals surface area contributed by atoms with Crippen LogP contribution in [0.25, 0.3) is 0 Å². The number of benzene rings is 1. The first kappa shape index (κ1) is 12.0. The fourth-order valence-electron chi connectivity index (χ4n) is 1.02. The molecule has 0 atom stereocenters. The van der Waals surface area contributed by atoms with E-state index in [-0.39, 0.29) is 6.42 Å². The van der Waals surface area contributed by atoms with Crippen LogP contribution in [0.15, 0.2) is 18.2 Å². The Morgan fingerprint density at radius 2 is 2.00 bits per heavy atom. The summed E-state index contributed by atoms with van der Waals surface area (Å²) in [7, 11) is 1.16. The van der Waals surface area contributed by atoms with E-state index in [1.807, 2.05) is 0 Å². The van der Waals surface area contributed by atoms with Crippen molar-refractivity contribution in [3.63, 3.8) is 0 Å². The second-order valence-corrected chi connectivity index (χ2v) is 3.67. The van der Waals surface area contributed by atoms with Crippen molar-refractivity contribution in [2.24, 2.45) is 0 Å². The van der Waals surface area contributed by atoms with E-state index in [2.05, 4.69) is 4.74 Å². The van der Waals surface area contributed by atoms with Gasteiger partial charge in [-0.05, 0) is 17.7 Å². The molecule has 0 saturated heterocycles. The number of ether oxygens (including phenoxy) is 1. The zero-order chi connectivity index (χ0) is 11.4. The minimum atomic E-state index is -0.874. The molecule has 0 aliphatic heterocycles. The molecule has 15 heavy (non-hydrogen) atoms. The predicted molar refractivity (Wildman–Crippen MR) is 57.2 cm³/mol. The summed E-state index contributed by atoms with van der Waals surface area (Å²) >= 11 is 11.5. The Labute approximate surface area is 96.9 Å². The van der Waals surface area contributed by atoms with E-state index in [1.165, 1.54) is 6.07 Å². The standard InChI is InChI=1S/C10H8Cl2O3/c1-15-10(14)9(13)4-6-2-3-7(11)5-8(6)12/h2-3,5H,4H2,1H3. The van der Waals surface area contributed by atoms with Gasteiger partial charge in [0.2, 0.25) is 5.78 Å². The topological polar surface area (TPSA) is 43.4 Å². The second-order valence-electron chi connectivity index (χ2n) is 2.83. The lowest BCUT2D eigenvalue weighted by Crippen LogP contribution is -2.17. The largest absolute Gasteiger partial charge is 0.463 e. The third-order valence-corrected chi connectivity index (χ3v) is 2.37. The third-order valence-electron chi connectivity index (χ3n) is 1.78. The smallest absolute Gasteiger partial charge is 0.374 e. The summed E-state index contributed by atoms with van der Waals surface area (Å²) < 4.78 is 4.29. The third kappa shape index (κ3) is 3.22. The van der Waals surface area contributed by atoms with E-state index in [0.29, 0.717) is 15.6 Å². The lowest BCUT2D eigenvalue weighted by atomic mass is 10.1. The molecular weight excluding hydrogens is 239 g/mol. The number of halogens is 2. The second kappa shape index (κ2) is 5.14. The molecule has 3 nitrogen and oxygen atoms in total. The number of rotatable bonds is 3. The van der Waals surface area contributed by atoms with Crippen LogP contribution in [0.3, 0.4) is 0 Å². The van der Waals surface area contributed by atoms with E-state index in [0.717, 1.165) is 7.11 Å². The van der Waals surface area contributed by atoms with Crippen LogP contribution in [0.2, 0.25) is 10.0 Å². The minimum Gasteiger partial charge on any atom is -0.463 e. The summed E-state index contributed by atoms with van der Waals surface area (Å²) in [6, 6.07) is 4.72. The summed E-state index contributed by atoms with van der Waals surface area (Å²) in [6.45, 7) is 0. The zero-order valence-corrected chi connectivity index (χ0v) is 9.43. The first-order chi connectivity index (χ1) is 7.04. The quantitative estimate of drug-likeness (QED) is 0.607. The van der Waals surface area contributed by atoms with Crippen molar-refractivity contribution in [2.75, 3.05) is 7.11 Å². The van der Waals surface area contributed by atoms with Crippen LogP contribution in [-0.4, -0.2) is 18.9 Å². The Bertz CT molecular complexity index is 402. The minimum absolute atomic E-state index is 0.0807. The number of Topliss-reactive ketones (excluding diaryl/α,β-unsaturated/α-hetero) is 1. The van der Waals surface area contributed by atoms with Crippen LogP contribution in [-0.2, 0) is 20.7 Å². The molecule has 0 fully saturated rings. The van der Waals surface area contributed by atoms with E-state index in [9.17, 15) is 9.59 Å². The highest BCUT2D eigenvalue weighted by atomic mass is 35.5. The Hall–Kier alpha value is -1.06. The van der Waals surface area contributed by atoms with Crippen molar-refractivity contribution in [3.05, 3.63) is 33.8 Å². The molecule has 1 aromatic carbocycles. The predicted octanol–water partition coefficient (Wildman–Crippen LogP) is 2.28. The molecule has 0 saturated carbocycles. The number of methoxy groups -OCH3 is 1. The van der Waals surface area contributed by atoms with Gasteiger partial charge >= 0.3 is 5.97 Å². The van der Waals surface area contributed by atoms with Crippen molar-refractivity contribution in [3.8, 4) is 0 Å². The summed E-state index contributed by atoms with van der Waals surface area (Å²) in [4.78, 5) is 22.1. The SMILES string of the molecule is COC(=O)C(=O)Cc1ccc(Cl)cc1Cl. The summed E-state index contributed by atoms with van der Waals surface area (Å²) in [5, 5.41) is 0.842. The van der Waals surface area contributed by atoms with Crippen LogP contribution in [0, 0.1) is 0 Å². The van der Waals surface area contributed by atoms with Crippen LogP contribution < -0.4 is 0 Å². The maximum atomic E-state index is 11.2. The average Bonchev–Trinajstić information content (AvgIpc) is 2.20. The number of hydrogen-bond acceptors (Lipinski definition) is 3. The number of carbonyl (C=O) groups is 2. The first-order valence-electron chi connectivity index (χ1n) is 4.09. The van der Waals surface area contributed by atoms with Gasteiger partial charge in [-0.2, -0.15) is 0 Å². The van der Waals surface area contributed by atoms with Crippen LogP contribution >= 0.6 is 23.2 Å². The number of esters is 1. The first-order valence-corrected chi connectivity index (χ1v) is 4.85. The molecule has 0 aliphatic carbocycles. The highest BCUT2D eigenvalue weighted by Crippen LogP contribution is 2.21. The van der Waals surface area contributed by atoms with Crippen molar-refractivity contribution in [1.29, 1.82) is 0 Å². The lowest BCUT2D eigenvalue weighted by Gasteiger charge is -2.02. The zero-order valence-electron chi connectivity index (χ0n) is 7.92. The molecule has 1 rings (SSSR count). The molecule has 0 heterocycles. The van der Waals surface area contributed by atoms with Gasteiger partial charge in [-0.25, -0.2) is 4.79 Å². The van der Waals surface area contributed by atoms with Crippen molar-refractivity contribution >= 4 is 35.0 Å². The van der Waals surface area contributed by atoms with Crippen molar-refractivity contribution in [1.82, 2.24) is 0 Å². The summed E-state index contributed by atoms with van der Waals surface area (Å²) in [6.07, 6.45) is -0.0807. The van der Waals surface area contributed by atoms with Gasteiger partial charge in [0.25, 0.3) is 0 Å². The summed E-state index contributed by atoms with van der Waals surface area (Å²) in [5.74, 6) is -1.51. The Kier molecular flexibility index (Phi) is 4.12. The van der Waals surface area contributed by atoms with E-state index in [4.69, 9.17) is 23.2 Å². The molecule has 0 amide bonds. The van der Waals surface area contributed by atoms with Gasteiger partial charge in [-0.15, -0.1) is 0 Å². The maximum Gasteiger partial charge on any atom is 0.374 e. The van der Waals surface area contributed by atoms with Crippen LogP contribution in [0.1, 0.15) is 5.56 Å². The Balaban J connectivity index is 2.81. The lowest BCUT2D eigenvalue weighted by molar-refractivity contribution is -0.151. The molecule has 1 aromatic rings. The van der Waals surface area contributed by atoms with E-state index in [1.54, 1.807) is 12.1 Å². The monoisotopic (exact) mass is 246 g/mol. The molecule has 0 radical (unpaired) electrons. The highest BCUT2D eigenvalue weighted by Gasteiger charge is 2.15. The fraction of sp³-hybridized carbons (Fsp3) is 0.200. The van der Waals surface area contributed by atoms with Crippen molar-refractivity contribution < 1.29 is 14.3 Å². The highest BCUT2D eigenvalue weighted by molar-refractivity contribution is 6.37. The van der Waals surface area contributed by atoms with Crippen LogP contribution in [0.4, 0.5) is 0 Å². The average molecular weight is 247 g/mol. The van der Waals surface area contributed by atoms with Gasteiger partial charge in [-0.3, -0.25) is 4.79 Å². The molecule has 0 bridgehead atoms. The summed E-state index contributed by atoms with van der Waals surface area (Å²) in [5.41, 5.74) is 0.552. The fourth-order valence-corrected chi connectivity index (χ4v) is 1.50. The van der Waals surface area contributed by atoms with Gasteiger partial charge in [0.05, 0.1) is 7.11 Å². The molecule has 0 unspecified atom stereocenters. The molecule has 0 aromatic heterocycles. The van der Waals surface area contributed by atoms with Crippen molar-refractivity contribution in [2.45, 2.75) is 6.42 Å². The number of hydrogen-bond donors (Lipinski definition) is 0. The molecule has 0 spiro atoms. The van der Waals surface area contributed by atoms with Gasteiger partial charge in [-0.1, -0.05) is 29.3 Å². The maximum absolute atomic E-state index is 11.2. The molecule has 80 valence electrons. The molecule has 0 N–H and O–H groups in total. The Morgan fingerprint density at radius 1 is 1.33 bits per heavy atom. The van der Waals surface area contributed by atoms with Gasteiger partial charge in [0, 0.05) is 16.5 Å². The number of ketones is 1. The Morgan fingerprint density at radius 3 is 2.53 bits per heavy atom. The van der Waals surface area contributed by atoms with Crippen LogP contribution in [0.5, 0.6) is 0 Å². The van der Waals surface area contributed by atoms with E-state index < -0.39 is 11.8 Å². The molecule has 0 aliphatic rings. The number of carbonyl (C=O) groups excluding carboxylic acids is 2. The van der Waals surface area contributed by atoms with E-state index >= 15 is 0 Å². The van der Waals surface area contributed by atoms with Gasteiger partial charge < -0.3 is 4.74 Å². The van der Waals surface area contributed by atoms with Gasteiger partial charge in [0.15, 0.2) is 0 Å². The normalized spacial score (nSPS) is 9.80. The molecular formula is C10H8Cl2O3. The van der Waals surface area contributed by atoms with Gasteiger partial charge in [0.1, 0.15) is 0 Å².